The summed E-state index contributed by atoms with van der Waals surface area (Å²) in [7, 11) is 1.58. The molecule has 0 unspecified atom stereocenters. The lowest BCUT2D eigenvalue weighted by atomic mass is 10.1. The quantitative estimate of drug-likeness (QED) is 0.101. The zero-order valence-electron chi connectivity index (χ0n) is 20.0. The Balaban J connectivity index is 1.43. The van der Waals surface area contributed by atoms with E-state index in [0.29, 0.717) is 21.9 Å². The maximum atomic E-state index is 12.7. The second kappa shape index (κ2) is 11.5. The van der Waals surface area contributed by atoms with Gasteiger partial charge in [-0.05, 0) is 60.5 Å². The van der Waals surface area contributed by atoms with Crippen molar-refractivity contribution in [2.24, 2.45) is 0 Å². The van der Waals surface area contributed by atoms with Crippen molar-refractivity contribution in [1.82, 2.24) is 0 Å². The third kappa shape index (κ3) is 6.25. The van der Waals surface area contributed by atoms with E-state index in [4.69, 9.17) is 9.47 Å². The Hall–Kier alpha value is -4.23. The molecule has 4 aromatic rings. The number of allylic oxidation sites excluding steroid dienone is 1. The molecule has 0 spiro atoms. The highest BCUT2D eigenvalue weighted by molar-refractivity contribution is 7.14. The van der Waals surface area contributed by atoms with Gasteiger partial charge in [0.05, 0.1) is 16.9 Å². The van der Waals surface area contributed by atoms with Crippen LogP contribution in [0.4, 0.5) is 5.69 Å². The Morgan fingerprint density at radius 2 is 1.83 bits per heavy atom. The first-order valence-corrected chi connectivity index (χ1v) is 12.1. The normalized spacial score (nSPS) is 10.9. The molecule has 0 amide bonds. The van der Waals surface area contributed by atoms with E-state index in [9.17, 15) is 14.9 Å². The van der Waals surface area contributed by atoms with E-state index in [1.807, 2.05) is 48.5 Å². The molecule has 4 rings (SSSR count). The number of hydrogen-bond donors (Lipinski definition) is 0. The van der Waals surface area contributed by atoms with Gasteiger partial charge < -0.3 is 9.47 Å². The average molecular weight is 500 g/mol. The number of nitro benzene ring substituents is 1. The van der Waals surface area contributed by atoms with Gasteiger partial charge >= 0.3 is 0 Å². The van der Waals surface area contributed by atoms with Crippen molar-refractivity contribution in [1.29, 1.82) is 0 Å². The van der Waals surface area contributed by atoms with Crippen molar-refractivity contribution in [3.63, 3.8) is 0 Å². The summed E-state index contributed by atoms with van der Waals surface area (Å²) in [6.45, 7) is 1.88. The summed E-state index contributed by atoms with van der Waals surface area (Å²) in [5, 5.41) is 11.0. The lowest BCUT2D eigenvalue weighted by molar-refractivity contribution is -0.385. The minimum atomic E-state index is -0.417. The van der Waals surface area contributed by atoms with E-state index in [2.05, 4.69) is 12.1 Å². The number of ketones is 1. The summed E-state index contributed by atoms with van der Waals surface area (Å²) in [6, 6.07) is 24.3. The molecule has 182 valence electrons. The highest BCUT2D eigenvalue weighted by Crippen LogP contribution is 2.27. The molecule has 0 saturated carbocycles. The third-order valence-electron chi connectivity index (χ3n) is 5.62. The van der Waals surface area contributed by atoms with Gasteiger partial charge in [-0.15, -0.1) is 11.3 Å². The smallest absolute Gasteiger partial charge is 0.272 e. The molecule has 1 aromatic heterocycles. The van der Waals surface area contributed by atoms with Crippen LogP contribution >= 0.6 is 11.3 Å². The fraction of sp³-hybridized carbons (Fsp3) is 0.138. The number of nitrogens with zero attached hydrogens (tertiary/aromatic N) is 1. The Morgan fingerprint density at radius 3 is 2.56 bits per heavy atom. The summed E-state index contributed by atoms with van der Waals surface area (Å²) in [5.74, 6) is 1.13. The van der Waals surface area contributed by atoms with Crippen LogP contribution in [0.1, 0.15) is 36.8 Å². The summed E-state index contributed by atoms with van der Waals surface area (Å²) < 4.78 is 11.3. The molecular formula is C29H25NO5S. The molecule has 0 aliphatic carbocycles. The summed E-state index contributed by atoms with van der Waals surface area (Å²) in [4.78, 5) is 25.2. The van der Waals surface area contributed by atoms with Gasteiger partial charge in [-0.2, -0.15) is 0 Å². The highest BCUT2D eigenvalue weighted by atomic mass is 32.1. The molecule has 6 nitrogen and oxygen atoms in total. The topological polar surface area (TPSA) is 78.7 Å². The maximum absolute atomic E-state index is 12.7. The van der Waals surface area contributed by atoms with Gasteiger partial charge in [-0.1, -0.05) is 42.5 Å². The van der Waals surface area contributed by atoms with Gasteiger partial charge in [0.25, 0.3) is 5.69 Å². The van der Waals surface area contributed by atoms with Crippen molar-refractivity contribution in [2.75, 3.05) is 7.11 Å². The van der Waals surface area contributed by atoms with Gasteiger partial charge in [-0.25, -0.2) is 0 Å². The van der Waals surface area contributed by atoms with Crippen LogP contribution in [-0.2, 0) is 13.0 Å². The number of aryl methyl sites for hydroxylation is 1. The van der Waals surface area contributed by atoms with Crippen LogP contribution in [0.15, 0.2) is 84.9 Å². The van der Waals surface area contributed by atoms with Crippen LogP contribution in [0.5, 0.6) is 11.5 Å². The van der Waals surface area contributed by atoms with E-state index in [0.717, 1.165) is 22.4 Å². The first kappa shape index (κ1) is 24.9. The maximum Gasteiger partial charge on any atom is 0.272 e. The fourth-order valence-electron chi connectivity index (χ4n) is 3.76. The molecule has 0 saturated heterocycles. The molecule has 0 bridgehead atoms. The molecule has 36 heavy (non-hydrogen) atoms. The molecule has 1 heterocycles. The Kier molecular flexibility index (Phi) is 7.92. The van der Waals surface area contributed by atoms with Crippen LogP contribution in [0, 0.1) is 17.0 Å². The van der Waals surface area contributed by atoms with Crippen LogP contribution in [0.25, 0.3) is 6.08 Å². The van der Waals surface area contributed by atoms with Crippen molar-refractivity contribution in [3.05, 3.63) is 127 Å². The summed E-state index contributed by atoms with van der Waals surface area (Å²) >= 11 is 1.51. The number of nitro groups is 1. The van der Waals surface area contributed by atoms with E-state index >= 15 is 0 Å². The van der Waals surface area contributed by atoms with E-state index in [1.165, 1.54) is 23.0 Å². The molecule has 0 atom stereocenters. The number of benzene rings is 3. The SMILES string of the molecule is COc1ccc(/C=C/C(=O)c2ccc(Cc3ccccc3)s2)cc1COc1ccc([N+](=O)[O-])c(C)c1. The van der Waals surface area contributed by atoms with Gasteiger partial charge in [0.15, 0.2) is 5.78 Å². The predicted molar refractivity (Wildman–Crippen MR) is 142 cm³/mol. The molecule has 0 fully saturated rings. The van der Waals surface area contributed by atoms with Crippen molar-refractivity contribution >= 4 is 28.9 Å². The minimum Gasteiger partial charge on any atom is -0.496 e. The van der Waals surface area contributed by atoms with Gasteiger partial charge in [0.1, 0.15) is 18.1 Å². The highest BCUT2D eigenvalue weighted by Gasteiger charge is 2.12. The number of hydrogen-bond acceptors (Lipinski definition) is 6. The van der Waals surface area contributed by atoms with Crippen LogP contribution < -0.4 is 9.47 Å². The first-order valence-electron chi connectivity index (χ1n) is 11.3. The Bertz CT molecular complexity index is 1410. The third-order valence-corrected chi connectivity index (χ3v) is 6.72. The van der Waals surface area contributed by atoms with Gasteiger partial charge in [0.2, 0.25) is 0 Å². The Labute approximate surface area is 213 Å². The minimum absolute atomic E-state index is 0.0470. The molecule has 0 aliphatic rings. The molecule has 7 heteroatoms. The second-order valence-electron chi connectivity index (χ2n) is 8.19. The number of thiophene rings is 1. The standard InChI is InChI=1S/C29H25NO5S/c1-20-16-24(10-12-26(20)30(32)33)35-19-23-17-22(9-14-28(23)34-2)8-13-27(31)29-15-11-25(36-29)18-21-6-4-3-5-7-21/h3-17H,18-19H2,1-2H3/b13-8+. The number of ether oxygens (including phenoxy) is 2. The largest absolute Gasteiger partial charge is 0.496 e. The average Bonchev–Trinajstić information content (AvgIpc) is 3.35. The van der Waals surface area contributed by atoms with E-state index in [1.54, 1.807) is 38.3 Å². The van der Waals surface area contributed by atoms with Crippen molar-refractivity contribution in [3.8, 4) is 11.5 Å². The monoisotopic (exact) mass is 499 g/mol. The molecule has 0 aliphatic heterocycles. The zero-order chi connectivity index (χ0) is 25.5. The summed E-state index contributed by atoms with van der Waals surface area (Å²) in [5.41, 5.74) is 3.42. The number of methoxy groups -OCH3 is 1. The lowest BCUT2D eigenvalue weighted by Crippen LogP contribution is -2.00. The van der Waals surface area contributed by atoms with Crippen molar-refractivity contribution in [2.45, 2.75) is 20.0 Å². The van der Waals surface area contributed by atoms with E-state index < -0.39 is 4.92 Å². The van der Waals surface area contributed by atoms with Crippen LogP contribution in [-0.4, -0.2) is 17.8 Å². The molecule has 0 radical (unpaired) electrons. The lowest BCUT2D eigenvalue weighted by Gasteiger charge is -2.12. The van der Waals surface area contributed by atoms with Crippen LogP contribution in [0.2, 0.25) is 0 Å². The molecule has 3 aromatic carbocycles. The number of rotatable bonds is 10. The second-order valence-corrected chi connectivity index (χ2v) is 9.36. The summed E-state index contributed by atoms with van der Waals surface area (Å²) in [6.07, 6.45) is 4.15. The van der Waals surface area contributed by atoms with E-state index in [-0.39, 0.29) is 18.1 Å². The van der Waals surface area contributed by atoms with Crippen molar-refractivity contribution < 1.29 is 19.2 Å². The molecular weight excluding hydrogens is 474 g/mol. The first-order chi connectivity index (χ1) is 17.4. The van der Waals surface area contributed by atoms with Crippen LogP contribution in [0.3, 0.4) is 0 Å². The molecule has 0 N–H and O–H groups in total. The Morgan fingerprint density at radius 1 is 1.03 bits per heavy atom. The number of carbonyl (C=O) groups is 1. The zero-order valence-corrected chi connectivity index (χ0v) is 20.8. The fourth-order valence-corrected chi connectivity index (χ4v) is 4.72. The number of carbonyl (C=O) groups excluding carboxylic acids is 1. The van der Waals surface area contributed by atoms with Gasteiger partial charge in [-0.3, -0.25) is 14.9 Å². The predicted octanol–water partition coefficient (Wildman–Crippen LogP) is 7.04. The van der Waals surface area contributed by atoms with Gasteiger partial charge in [0, 0.05) is 28.5 Å².